The molecule has 1 unspecified atom stereocenters. The van der Waals surface area contributed by atoms with Gasteiger partial charge in [-0.05, 0) is 25.0 Å². The molecule has 6 heteroatoms. The number of phenols is 1. The number of aromatic hydroxyl groups is 1. The molecule has 1 aliphatic rings. The van der Waals surface area contributed by atoms with Crippen LogP contribution in [0.25, 0.3) is 0 Å². The second kappa shape index (κ2) is 5.06. The van der Waals surface area contributed by atoms with Crippen LogP contribution in [0, 0.1) is 0 Å². The highest BCUT2D eigenvalue weighted by Crippen LogP contribution is 2.29. The minimum atomic E-state index is -2.92. The van der Waals surface area contributed by atoms with Crippen molar-refractivity contribution in [3.8, 4) is 11.5 Å². The van der Waals surface area contributed by atoms with E-state index in [9.17, 15) is 13.5 Å². The number of sulfone groups is 1. The maximum Gasteiger partial charge on any atom is 0.160 e. The third-order valence-corrected chi connectivity index (χ3v) is 4.83. The average molecular weight is 271 g/mol. The van der Waals surface area contributed by atoms with Crippen molar-refractivity contribution < 1.29 is 18.3 Å². The predicted molar refractivity (Wildman–Crippen MR) is 70.0 cm³/mol. The lowest BCUT2D eigenvalue weighted by Gasteiger charge is -2.24. The van der Waals surface area contributed by atoms with Crippen LogP contribution in [0.3, 0.4) is 0 Å². The summed E-state index contributed by atoms with van der Waals surface area (Å²) >= 11 is 0. The molecule has 0 aliphatic carbocycles. The first kappa shape index (κ1) is 13.0. The van der Waals surface area contributed by atoms with Crippen molar-refractivity contribution in [1.82, 2.24) is 0 Å². The quantitative estimate of drug-likeness (QED) is 0.869. The summed E-state index contributed by atoms with van der Waals surface area (Å²) in [6, 6.07) is 4.87. The Morgan fingerprint density at radius 1 is 1.44 bits per heavy atom. The monoisotopic (exact) mass is 271 g/mol. The van der Waals surface area contributed by atoms with E-state index in [2.05, 4.69) is 5.32 Å². The molecule has 1 atom stereocenters. The second-order valence-corrected chi connectivity index (χ2v) is 6.71. The number of ether oxygens (including phenoxy) is 1. The maximum atomic E-state index is 11.5. The van der Waals surface area contributed by atoms with E-state index in [1.807, 2.05) is 0 Å². The lowest BCUT2D eigenvalue weighted by molar-refractivity contribution is 0.373. The molecule has 0 amide bonds. The summed E-state index contributed by atoms with van der Waals surface area (Å²) in [7, 11) is -1.44. The van der Waals surface area contributed by atoms with Gasteiger partial charge in [0.1, 0.15) is 0 Å². The van der Waals surface area contributed by atoms with Crippen LogP contribution in [-0.2, 0) is 9.84 Å². The van der Waals surface area contributed by atoms with Crippen molar-refractivity contribution in [2.45, 2.75) is 18.9 Å². The normalized spacial score (nSPS) is 22.4. The molecule has 1 aliphatic heterocycles. The maximum absolute atomic E-state index is 11.5. The molecule has 100 valence electrons. The first-order valence-electron chi connectivity index (χ1n) is 5.84. The van der Waals surface area contributed by atoms with Crippen molar-refractivity contribution in [3.05, 3.63) is 18.2 Å². The Balaban J connectivity index is 2.07. The molecule has 18 heavy (non-hydrogen) atoms. The number of hydrogen-bond acceptors (Lipinski definition) is 5. The molecule has 1 aromatic carbocycles. The van der Waals surface area contributed by atoms with E-state index in [-0.39, 0.29) is 23.3 Å². The molecule has 0 aromatic heterocycles. The zero-order chi connectivity index (χ0) is 13.2. The van der Waals surface area contributed by atoms with Gasteiger partial charge in [0, 0.05) is 17.8 Å². The van der Waals surface area contributed by atoms with Gasteiger partial charge < -0.3 is 15.2 Å². The van der Waals surface area contributed by atoms with Gasteiger partial charge in [-0.25, -0.2) is 8.42 Å². The predicted octanol–water partition coefficient (Wildman–Crippen LogP) is 1.39. The zero-order valence-electron chi connectivity index (χ0n) is 10.2. The van der Waals surface area contributed by atoms with Gasteiger partial charge in [-0.1, -0.05) is 0 Å². The van der Waals surface area contributed by atoms with Gasteiger partial charge in [0.25, 0.3) is 0 Å². The molecule has 0 saturated carbocycles. The Labute approximate surface area is 107 Å². The smallest absolute Gasteiger partial charge is 0.160 e. The summed E-state index contributed by atoms with van der Waals surface area (Å²) < 4.78 is 28.0. The topological polar surface area (TPSA) is 75.6 Å². The van der Waals surface area contributed by atoms with Crippen LogP contribution in [0.5, 0.6) is 11.5 Å². The summed E-state index contributed by atoms with van der Waals surface area (Å²) in [6.07, 6.45) is 1.51. The number of anilines is 1. The first-order valence-corrected chi connectivity index (χ1v) is 7.66. The molecule has 1 saturated heterocycles. The number of hydrogen-bond donors (Lipinski definition) is 2. The Morgan fingerprint density at radius 2 is 2.22 bits per heavy atom. The van der Waals surface area contributed by atoms with E-state index in [1.54, 1.807) is 18.2 Å². The third-order valence-electron chi connectivity index (χ3n) is 3.01. The molecule has 1 aromatic rings. The Kier molecular flexibility index (Phi) is 3.65. The van der Waals surface area contributed by atoms with E-state index < -0.39 is 9.84 Å². The van der Waals surface area contributed by atoms with Crippen LogP contribution in [0.15, 0.2) is 18.2 Å². The van der Waals surface area contributed by atoms with Crippen LogP contribution in [-0.4, -0.2) is 38.2 Å². The van der Waals surface area contributed by atoms with E-state index in [0.717, 1.165) is 6.42 Å². The van der Waals surface area contributed by atoms with Gasteiger partial charge in [-0.15, -0.1) is 0 Å². The number of phenolic OH excluding ortho intramolecular Hbond substituents is 1. The van der Waals surface area contributed by atoms with Gasteiger partial charge >= 0.3 is 0 Å². The standard InChI is InChI=1S/C12H17NO4S/c1-17-12-5-4-9(7-11(12)14)13-10-3-2-6-18(15,16)8-10/h4-5,7,10,13-14H,2-3,6,8H2,1H3. The summed E-state index contributed by atoms with van der Waals surface area (Å²) in [6.45, 7) is 0. The van der Waals surface area contributed by atoms with Gasteiger partial charge in [0.05, 0.1) is 18.6 Å². The van der Waals surface area contributed by atoms with Crippen LogP contribution >= 0.6 is 0 Å². The molecular weight excluding hydrogens is 254 g/mol. The van der Waals surface area contributed by atoms with Gasteiger partial charge in [-0.3, -0.25) is 0 Å². The Hall–Kier alpha value is -1.43. The molecule has 0 radical (unpaired) electrons. The SMILES string of the molecule is COc1ccc(NC2CCCS(=O)(=O)C2)cc1O. The van der Waals surface area contributed by atoms with Crippen LogP contribution in [0.1, 0.15) is 12.8 Å². The third kappa shape index (κ3) is 3.07. The van der Waals surface area contributed by atoms with E-state index in [1.165, 1.54) is 7.11 Å². The van der Waals surface area contributed by atoms with Crippen molar-refractivity contribution in [3.63, 3.8) is 0 Å². The van der Waals surface area contributed by atoms with Crippen LogP contribution < -0.4 is 10.1 Å². The van der Waals surface area contributed by atoms with Gasteiger partial charge in [0.2, 0.25) is 0 Å². The van der Waals surface area contributed by atoms with Gasteiger partial charge in [0.15, 0.2) is 21.3 Å². The molecule has 5 nitrogen and oxygen atoms in total. The Bertz CT molecular complexity index is 527. The molecule has 1 heterocycles. The van der Waals surface area contributed by atoms with Crippen molar-refractivity contribution in [1.29, 1.82) is 0 Å². The van der Waals surface area contributed by atoms with Gasteiger partial charge in [-0.2, -0.15) is 0 Å². The highest BCUT2D eigenvalue weighted by molar-refractivity contribution is 7.91. The molecule has 2 N–H and O–H groups in total. The highest BCUT2D eigenvalue weighted by atomic mass is 32.2. The molecule has 1 fully saturated rings. The number of methoxy groups -OCH3 is 1. The fourth-order valence-electron chi connectivity index (χ4n) is 2.15. The largest absolute Gasteiger partial charge is 0.504 e. The van der Waals surface area contributed by atoms with Crippen LogP contribution in [0.4, 0.5) is 5.69 Å². The molecular formula is C12H17NO4S. The van der Waals surface area contributed by atoms with Crippen LogP contribution in [0.2, 0.25) is 0 Å². The Morgan fingerprint density at radius 3 is 2.83 bits per heavy atom. The lowest BCUT2D eigenvalue weighted by Crippen LogP contribution is -2.34. The summed E-state index contributed by atoms with van der Waals surface area (Å²) in [5.74, 6) is 0.872. The summed E-state index contributed by atoms with van der Waals surface area (Å²) in [4.78, 5) is 0. The number of rotatable bonds is 3. The minimum absolute atomic E-state index is 0.0427. The van der Waals surface area contributed by atoms with E-state index >= 15 is 0 Å². The van der Waals surface area contributed by atoms with Crippen molar-refractivity contribution >= 4 is 15.5 Å². The fraction of sp³-hybridized carbons (Fsp3) is 0.500. The lowest BCUT2D eigenvalue weighted by atomic mass is 10.1. The molecule has 0 spiro atoms. The van der Waals surface area contributed by atoms with Crippen molar-refractivity contribution in [2.75, 3.05) is 23.9 Å². The van der Waals surface area contributed by atoms with E-state index in [4.69, 9.17) is 4.74 Å². The first-order chi connectivity index (χ1) is 8.50. The fourth-order valence-corrected chi connectivity index (χ4v) is 3.79. The average Bonchev–Trinajstić information content (AvgIpc) is 2.28. The summed E-state index contributed by atoms with van der Waals surface area (Å²) in [5, 5.41) is 12.8. The summed E-state index contributed by atoms with van der Waals surface area (Å²) in [5.41, 5.74) is 0.704. The highest BCUT2D eigenvalue weighted by Gasteiger charge is 2.24. The number of nitrogens with one attached hydrogen (secondary N) is 1. The number of benzene rings is 1. The van der Waals surface area contributed by atoms with Crippen molar-refractivity contribution in [2.24, 2.45) is 0 Å². The zero-order valence-corrected chi connectivity index (χ0v) is 11.0. The second-order valence-electron chi connectivity index (χ2n) is 4.48. The van der Waals surface area contributed by atoms with E-state index in [0.29, 0.717) is 17.9 Å². The minimum Gasteiger partial charge on any atom is -0.504 e. The molecule has 2 rings (SSSR count). The molecule has 0 bridgehead atoms.